The lowest BCUT2D eigenvalue weighted by Crippen LogP contribution is -2.54. The number of carbonyl (C=O) groups is 1. The van der Waals surface area contributed by atoms with E-state index in [1.165, 1.54) is 18.4 Å². The van der Waals surface area contributed by atoms with Gasteiger partial charge < -0.3 is 15.5 Å². The van der Waals surface area contributed by atoms with E-state index in [1.54, 1.807) is 0 Å². The molecule has 0 aromatic heterocycles. The summed E-state index contributed by atoms with van der Waals surface area (Å²) in [6.07, 6.45) is 4.59. The quantitative estimate of drug-likeness (QED) is 0.856. The Balaban J connectivity index is 1.58. The topological polar surface area (TPSA) is 44.4 Å². The molecule has 2 heterocycles. The zero-order valence-electron chi connectivity index (χ0n) is 15.9. The molecule has 27 heavy (non-hydrogen) atoms. The number of hydrogen-bond donors (Lipinski definition) is 2. The Morgan fingerprint density at radius 1 is 1.00 bits per heavy atom. The van der Waals surface area contributed by atoms with Crippen LogP contribution in [0.1, 0.15) is 31.2 Å². The number of para-hydroxylation sites is 1. The van der Waals surface area contributed by atoms with Gasteiger partial charge in [-0.3, -0.25) is 0 Å². The average molecular weight is 364 g/mol. The SMILES string of the molecule is O=C(Nc1ccccc1)N1CCCC(c2ccccc2)(C2CCNCC2)C1. The van der Waals surface area contributed by atoms with Gasteiger partial charge in [0, 0.05) is 24.2 Å². The van der Waals surface area contributed by atoms with Gasteiger partial charge in [0.1, 0.15) is 0 Å². The number of hydrogen-bond acceptors (Lipinski definition) is 2. The Morgan fingerprint density at radius 3 is 2.37 bits per heavy atom. The molecule has 4 nitrogen and oxygen atoms in total. The van der Waals surface area contributed by atoms with E-state index >= 15 is 0 Å². The van der Waals surface area contributed by atoms with Crippen LogP contribution in [0.25, 0.3) is 0 Å². The molecule has 2 aromatic rings. The second kappa shape index (κ2) is 8.13. The van der Waals surface area contributed by atoms with E-state index in [1.807, 2.05) is 35.2 Å². The van der Waals surface area contributed by atoms with Crippen molar-refractivity contribution in [1.82, 2.24) is 10.2 Å². The second-order valence-electron chi connectivity index (χ2n) is 7.87. The molecule has 4 rings (SSSR count). The van der Waals surface area contributed by atoms with Gasteiger partial charge in [-0.05, 0) is 62.4 Å². The van der Waals surface area contributed by atoms with Crippen LogP contribution in [0.15, 0.2) is 60.7 Å². The van der Waals surface area contributed by atoms with Gasteiger partial charge in [0.15, 0.2) is 0 Å². The van der Waals surface area contributed by atoms with Gasteiger partial charge in [-0.15, -0.1) is 0 Å². The van der Waals surface area contributed by atoms with Gasteiger partial charge >= 0.3 is 6.03 Å². The summed E-state index contributed by atoms with van der Waals surface area (Å²) in [5.74, 6) is 0.619. The molecule has 0 bridgehead atoms. The molecular formula is C23H29N3O. The van der Waals surface area contributed by atoms with Crippen molar-refractivity contribution in [3.8, 4) is 0 Å². The lowest BCUT2D eigenvalue weighted by molar-refractivity contribution is 0.103. The minimum absolute atomic E-state index is 0.0233. The fraction of sp³-hybridized carbons (Fsp3) is 0.435. The molecule has 2 aliphatic rings. The number of likely N-dealkylation sites (tertiary alicyclic amines) is 1. The molecule has 2 aromatic carbocycles. The first-order valence-electron chi connectivity index (χ1n) is 10.2. The Labute approximate surface area is 162 Å². The predicted molar refractivity (Wildman–Crippen MR) is 110 cm³/mol. The van der Waals surface area contributed by atoms with E-state index in [4.69, 9.17) is 0 Å². The van der Waals surface area contributed by atoms with Crippen LogP contribution >= 0.6 is 0 Å². The fourth-order valence-electron chi connectivity index (χ4n) is 4.93. The molecule has 142 valence electrons. The molecule has 0 aliphatic carbocycles. The molecule has 1 atom stereocenters. The van der Waals surface area contributed by atoms with Gasteiger partial charge in [0.2, 0.25) is 0 Å². The Hall–Kier alpha value is -2.33. The Morgan fingerprint density at radius 2 is 1.67 bits per heavy atom. The van der Waals surface area contributed by atoms with Crippen molar-refractivity contribution in [2.24, 2.45) is 5.92 Å². The summed E-state index contributed by atoms with van der Waals surface area (Å²) in [6.45, 7) is 3.80. The largest absolute Gasteiger partial charge is 0.324 e. The average Bonchev–Trinajstić information content (AvgIpc) is 2.76. The molecular weight excluding hydrogens is 334 g/mol. The summed E-state index contributed by atoms with van der Waals surface area (Å²) < 4.78 is 0. The molecule has 4 heteroatoms. The first kappa shape index (κ1) is 18.1. The maximum atomic E-state index is 13.0. The third kappa shape index (κ3) is 3.86. The number of anilines is 1. The first-order valence-corrected chi connectivity index (χ1v) is 10.2. The Kier molecular flexibility index (Phi) is 5.44. The van der Waals surface area contributed by atoms with Crippen molar-refractivity contribution < 1.29 is 4.79 Å². The number of carbonyl (C=O) groups excluding carboxylic acids is 1. The van der Waals surface area contributed by atoms with Crippen molar-refractivity contribution in [3.05, 3.63) is 66.2 Å². The molecule has 0 spiro atoms. The van der Waals surface area contributed by atoms with Gasteiger partial charge in [0.05, 0.1) is 0 Å². The molecule has 2 fully saturated rings. The predicted octanol–water partition coefficient (Wildman–Crippen LogP) is 4.25. The third-order valence-corrected chi connectivity index (χ3v) is 6.31. The molecule has 0 radical (unpaired) electrons. The lowest BCUT2D eigenvalue weighted by Gasteiger charge is -2.49. The lowest BCUT2D eigenvalue weighted by atomic mass is 9.63. The summed E-state index contributed by atoms with van der Waals surface area (Å²) >= 11 is 0. The highest BCUT2D eigenvalue weighted by Gasteiger charge is 2.44. The van der Waals surface area contributed by atoms with Crippen LogP contribution in [0, 0.1) is 5.92 Å². The summed E-state index contributed by atoms with van der Waals surface area (Å²) in [4.78, 5) is 15.0. The van der Waals surface area contributed by atoms with Gasteiger partial charge in [-0.2, -0.15) is 0 Å². The number of rotatable bonds is 3. The van der Waals surface area contributed by atoms with Gasteiger partial charge in [-0.25, -0.2) is 4.79 Å². The standard InChI is InChI=1S/C23H29N3O/c27-22(25-21-10-5-2-6-11-21)26-17-7-14-23(18-26,19-8-3-1-4-9-19)20-12-15-24-16-13-20/h1-6,8-11,20,24H,7,12-18H2,(H,25,27). The van der Waals surface area contributed by atoms with Crippen LogP contribution in [0.4, 0.5) is 10.5 Å². The zero-order chi connectivity index (χ0) is 18.5. The van der Waals surface area contributed by atoms with Crippen LogP contribution in [-0.2, 0) is 5.41 Å². The smallest absolute Gasteiger partial charge is 0.321 e. The van der Waals surface area contributed by atoms with Crippen molar-refractivity contribution in [2.75, 3.05) is 31.5 Å². The van der Waals surface area contributed by atoms with E-state index in [-0.39, 0.29) is 11.4 Å². The third-order valence-electron chi connectivity index (χ3n) is 6.31. The minimum Gasteiger partial charge on any atom is -0.324 e. The minimum atomic E-state index is 0.0233. The molecule has 0 saturated carbocycles. The van der Waals surface area contributed by atoms with Crippen LogP contribution < -0.4 is 10.6 Å². The number of amides is 2. The van der Waals surface area contributed by atoms with Crippen molar-refractivity contribution in [3.63, 3.8) is 0 Å². The molecule has 2 amide bonds. The van der Waals surface area contributed by atoms with Crippen LogP contribution in [0.3, 0.4) is 0 Å². The highest BCUT2D eigenvalue weighted by Crippen LogP contribution is 2.44. The number of nitrogens with one attached hydrogen (secondary N) is 2. The van der Waals surface area contributed by atoms with E-state index in [9.17, 15) is 4.79 Å². The summed E-state index contributed by atoms with van der Waals surface area (Å²) in [5.41, 5.74) is 2.32. The van der Waals surface area contributed by atoms with Gasteiger partial charge in [0.25, 0.3) is 0 Å². The highest BCUT2D eigenvalue weighted by molar-refractivity contribution is 5.89. The zero-order valence-corrected chi connectivity index (χ0v) is 15.9. The number of nitrogens with zero attached hydrogens (tertiary/aromatic N) is 1. The number of benzene rings is 2. The summed E-state index contributed by atoms with van der Waals surface area (Å²) in [7, 11) is 0. The second-order valence-corrected chi connectivity index (χ2v) is 7.87. The van der Waals surface area contributed by atoms with Gasteiger partial charge in [-0.1, -0.05) is 48.5 Å². The van der Waals surface area contributed by atoms with Crippen molar-refractivity contribution in [1.29, 1.82) is 0 Å². The monoisotopic (exact) mass is 363 g/mol. The normalized spacial score (nSPS) is 23.8. The maximum absolute atomic E-state index is 13.0. The van der Waals surface area contributed by atoms with E-state index in [0.29, 0.717) is 5.92 Å². The molecule has 2 saturated heterocycles. The number of piperidine rings is 2. The number of urea groups is 1. The van der Waals surface area contributed by atoms with E-state index < -0.39 is 0 Å². The fourth-order valence-corrected chi connectivity index (χ4v) is 4.93. The van der Waals surface area contributed by atoms with Crippen LogP contribution in [-0.4, -0.2) is 37.1 Å². The summed E-state index contributed by atoms with van der Waals surface area (Å²) in [6, 6.07) is 20.7. The molecule has 2 aliphatic heterocycles. The summed E-state index contributed by atoms with van der Waals surface area (Å²) in [5, 5.41) is 6.57. The molecule has 1 unspecified atom stereocenters. The van der Waals surface area contributed by atoms with E-state index in [0.717, 1.165) is 44.7 Å². The van der Waals surface area contributed by atoms with Crippen LogP contribution in [0.2, 0.25) is 0 Å². The first-order chi connectivity index (χ1) is 13.3. The Bertz CT molecular complexity index is 743. The van der Waals surface area contributed by atoms with Crippen LogP contribution in [0.5, 0.6) is 0 Å². The highest BCUT2D eigenvalue weighted by atomic mass is 16.2. The molecule has 2 N–H and O–H groups in total. The van der Waals surface area contributed by atoms with Crippen molar-refractivity contribution >= 4 is 11.7 Å². The maximum Gasteiger partial charge on any atom is 0.321 e. The van der Waals surface area contributed by atoms with E-state index in [2.05, 4.69) is 41.0 Å². The van der Waals surface area contributed by atoms with Crippen molar-refractivity contribution in [2.45, 2.75) is 31.1 Å².